The average molecular weight is 328 g/mol. The molecule has 0 heterocycles. The monoisotopic (exact) mass is 328 g/mol. The summed E-state index contributed by atoms with van der Waals surface area (Å²) in [6, 6.07) is 0. The lowest BCUT2D eigenvalue weighted by Crippen LogP contribution is -2.42. The number of carbonyl (C=O) groups excluding carboxylic acids is 2. The van der Waals surface area contributed by atoms with Gasteiger partial charge in [0.15, 0.2) is 0 Å². The van der Waals surface area contributed by atoms with Gasteiger partial charge < -0.3 is 15.3 Å². The number of aliphatic carboxylic acids is 1. The van der Waals surface area contributed by atoms with E-state index in [1.54, 1.807) is 20.9 Å². The van der Waals surface area contributed by atoms with E-state index in [9.17, 15) is 14.4 Å². The summed E-state index contributed by atoms with van der Waals surface area (Å²) >= 11 is 0. The highest BCUT2D eigenvalue weighted by Gasteiger charge is 2.22. The molecule has 0 aromatic heterocycles. The summed E-state index contributed by atoms with van der Waals surface area (Å²) in [6.07, 6.45) is 3.39. The maximum Gasteiger partial charge on any atom is 0.308 e. The van der Waals surface area contributed by atoms with Crippen molar-refractivity contribution in [2.75, 3.05) is 20.1 Å². The van der Waals surface area contributed by atoms with E-state index in [1.807, 2.05) is 0 Å². The summed E-state index contributed by atoms with van der Waals surface area (Å²) < 4.78 is 0. The molecule has 134 valence electrons. The molecule has 0 bridgehead atoms. The zero-order valence-electron chi connectivity index (χ0n) is 15.1. The van der Waals surface area contributed by atoms with Gasteiger partial charge in [0, 0.05) is 20.0 Å². The van der Waals surface area contributed by atoms with E-state index in [1.165, 1.54) is 4.90 Å². The van der Waals surface area contributed by atoms with Crippen molar-refractivity contribution in [3.8, 4) is 0 Å². The topological polar surface area (TPSA) is 86.7 Å². The normalized spacial score (nSPS) is 12.3. The van der Waals surface area contributed by atoms with Crippen LogP contribution in [-0.2, 0) is 14.4 Å². The third kappa shape index (κ3) is 9.92. The lowest BCUT2D eigenvalue weighted by molar-refractivity contribution is -0.143. The van der Waals surface area contributed by atoms with Gasteiger partial charge in [-0.1, -0.05) is 40.5 Å². The van der Waals surface area contributed by atoms with Gasteiger partial charge in [0.2, 0.25) is 11.8 Å². The second kappa shape index (κ2) is 11.0. The van der Waals surface area contributed by atoms with Gasteiger partial charge >= 0.3 is 5.97 Å². The van der Waals surface area contributed by atoms with Crippen LogP contribution in [0.2, 0.25) is 0 Å². The smallest absolute Gasteiger partial charge is 0.308 e. The second-order valence-corrected chi connectivity index (χ2v) is 6.88. The molecule has 0 aliphatic rings. The predicted octanol–water partition coefficient (Wildman–Crippen LogP) is 2.13. The quantitative estimate of drug-likeness (QED) is 0.569. The van der Waals surface area contributed by atoms with Crippen LogP contribution in [0, 0.1) is 17.8 Å². The molecule has 2 amide bonds. The van der Waals surface area contributed by atoms with Crippen molar-refractivity contribution >= 4 is 17.8 Å². The van der Waals surface area contributed by atoms with E-state index < -0.39 is 11.9 Å². The largest absolute Gasteiger partial charge is 0.481 e. The molecular weight excluding hydrogens is 296 g/mol. The molecule has 0 radical (unpaired) electrons. The maximum absolute atomic E-state index is 11.9. The zero-order valence-corrected chi connectivity index (χ0v) is 15.1. The fourth-order valence-electron chi connectivity index (χ4n) is 2.21. The molecule has 0 fully saturated rings. The molecule has 0 aliphatic carbocycles. The van der Waals surface area contributed by atoms with E-state index in [-0.39, 0.29) is 30.8 Å². The van der Waals surface area contributed by atoms with Crippen LogP contribution in [0.5, 0.6) is 0 Å². The Hall–Kier alpha value is -1.59. The standard InChI is InChI=1S/C17H32N2O4/c1-12(2)8-6-7-9-16(21)19(5)11-15(20)18-10-14(13(3)4)17(22)23/h12-14H,6-11H2,1-5H3,(H,18,20)(H,22,23). The summed E-state index contributed by atoms with van der Waals surface area (Å²) in [5, 5.41) is 11.7. The fourth-order valence-corrected chi connectivity index (χ4v) is 2.21. The van der Waals surface area contributed by atoms with Crippen molar-refractivity contribution in [2.24, 2.45) is 17.8 Å². The first-order valence-corrected chi connectivity index (χ1v) is 8.38. The molecule has 0 rings (SSSR count). The fraction of sp³-hybridized carbons (Fsp3) is 0.824. The highest BCUT2D eigenvalue weighted by atomic mass is 16.4. The van der Waals surface area contributed by atoms with Gasteiger partial charge in [0.05, 0.1) is 12.5 Å². The molecule has 1 atom stereocenters. The average Bonchev–Trinajstić information content (AvgIpc) is 2.42. The van der Waals surface area contributed by atoms with Crippen LogP contribution in [0.1, 0.15) is 53.4 Å². The van der Waals surface area contributed by atoms with Crippen LogP contribution >= 0.6 is 0 Å². The van der Waals surface area contributed by atoms with E-state index in [0.717, 1.165) is 19.3 Å². The number of unbranched alkanes of at least 4 members (excludes halogenated alkanes) is 1. The van der Waals surface area contributed by atoms with Crippen molar-refractivity contribution in [2.45, 2.75) is 53.4 Å². The highest BCUT2D eigenvalue weighted by Crippen LogP contribution is 2.10. The molecule has 2 N–H and O–H groups in total. The summed E-state index contributed by atoms with van der Waals surface area (Å²) in [4.78, 5) is 36.2. The number of carboxylic acid groups (broad SMARTS) is 1. The Morgan fingerprint density at radius 1 is 1.09 bits per heavy atom. The maximum atomic E-state index is 11.9. The van der Waals surface area contributed by atoms with E-state index in [2.05, 4.69) is 19.2 Å². The van der Waals surface area contributed by atoms with Gasteiger partial charge in [-0.3, -0.25) is 14.4 Å². The number of carbonyl (C=O) groups is 3. The summed E-state index contributed by atoms with van der Waals surface area (Å²) in [5.41, 5.74) is 0. The van der Waals surface area contributed by atoms with Crippen molar-refractivity contribution in [1.29, 1.82) is 0 Å². The number of carboxylic acids is 1. The molecular formula is C17H32N2O4. The Bertz CT molecular complexity index is 394. The minimum atomic E-state index is -0.921. The van der Waals surface area contributed by atoms with Crippen molar-refractivity contribution in [1.82, 2.24) is 10.2 Å². The van der Waals surface area contributed by atoms with Gasteiger partial charge in [-0.05, 0) is 18.3 Å². The van der Waals surface area contributed by atoms with Gasteiger partial charge in [-0.15, -0.1) is 0 Å². The number of amides is 2. The molecule has 0 aromatic carbocycles. The third-order valence-corrected chi connectivity index (χ3v) is 3.87. The highest BCUT2D eigenvalue weighted by molar-refractivity contribution is 5.84. The number of hydrogen-bond acceptors (Lipinski definition) is 3. The van der Waals surface area contributed by atoms with Gasteiger partial charge in [-0.2, -0.15) is 0 Å². The lowest BCUT2D eigenvalue weighted by Gasteiger charge is -2.19. The first-order valence-electron chi connectivity index (χ1n) is 8.38. The minimum absolute atomic E-state index is 0.0343. The van der Waals surface area contributed by atoms with E-state index >= 15 is 0 Å². The molecule has 0 aliphatic heterocycles. The minimum Gasteiger partial charge on any atom is -0.481 e. The first kappa shape index (κ1) is 21.4. The molecule has 0 spiro atoms. The molecule has 0 saturated heterocycles. The van der Waals surface area contributed by atoms with Crippen LogP contribution in [-0.4, -0.2) is 47.9 Å². The molecule has 23 heavy (non-hydrogen) atoms. The van der Waals surface area contributed by atoms with Gasteiger partial charge in [-0.25, -0.2) is 0 Å². The number of nitrogens with zero attached hydrogens (tertiary/aromatic N) is 1. The SMILES string of the molecule is CC(C)CCCCC(=O)N(C)CC(=O)NCC(C(=O)O)C(C)C. The van der Waals surface area contributed by atoms with E-state index in [0.29, 0.717) is 12.3 Å². The summed E-state index contributed by atoms with van der Waals surface area (Å²) in [6.45, 7) is 7.96. The van der Waals surface area contributed by atoms with Crippen molar-refractivity contribution < 1.29 is 19.5 Å². The van der Waals surface area contributed by atoms with E-state index in [4.69, 9.17) is 5.11 Å². The van der Waals surface area contributed by atoms with Crippen molar-refractivity contribution in [3.63, 3.8) is 0 Å². The van der Waals surface area contributed by atoms with Crippen LogP contribution in [0.3, 0.4) is 0 Å². The van der Waals surface area contributed by atoms with Crippen molar-refractivity contribution in [3.05, 3.63) is 0 Å². The first-order chi connectivity index (χ1) is 10.6. The zero-order chi connectivity index (χ0) is 18.0. The molecule has 6 nitrogen and oxygen atoms in total. The second-order valence-electron chi connectivity index (χ2n) is 6.88. The third-order valence-electron chi connectivity index (χ3n) is 3.87. The van der Waals surface area contributed by atoms with Crippen LogP contribution in [0.4, 0.5) is 0 Å². The Labute approximate surface area is 139 Å². The Morgan fingerprint density at radius 3 is 2.17 bits per heavy atom. The number of hydrogen-bond donors (Lipinski definition) is 2. The predicted molar refractivity (Wildman–Crippen MR) is 89.9 cm³/mol. The number of likely N-dealkylation sites (N-methyl/N-ethyl adjacent to an activating group) is 1. The van der Waals surface area contributed by atoms with Gasteiger partial charge in [0.25, 0.3) is 0 Å². The van der Waals surface area contributed by atoms with Gasteiger partial charge in [0.1, 0.15) is 0 Å². The number of nitrogens with one attached hydrogen (secondary N) is 1. The molecule has 6 heteroatoms. The van der Waals surface area contributed by atoms with Crippen LogP contribution in [0.15, 0.2) is 0 Å². The lowest BCUT2D eigenvalue weighted by atomic mass is 9.96. The Kier molecular flexibility index (Phi) is 10.3. The molecule has 1 unspecified atom stereocenters. The van der Waals surface area contributed by atoms with Crippen LogP contribution < -0.4 is 5.32 Å². The Morgan fingerprint density at radius 2 is 1.70 bits per heavy atom. The summed E-state index contributed by atoms with van der Waals surface area (Å²) in [5.74, 6) is -1.34. The molecule has 0 saturated carbocycles. The molecule has 0 aromatic rings. The number of rotatable bonds is 11. The summed E-state index contributed by atoms with van der Waals surface area (Å²) in [7, 11) is 1.60. The van der Waals surface area contributed by atoms with Crippen LogP contribution in [0.25, 0.3) is 0 Å². The Balaban J connectivity index is 4.08.